The lowest BCUT2D eigenvalue weighted by Crippen LogP contribution is -2.06. The molecule has 0 aliphatic carbocycles. The number of aliphatic carboxylic acids is 1. The van der Waals surface area contributed by atoms with Gasteiger partial charge in [-0.25, -0.2) is 19.2 Å². The van der Waals surface area contributed by atoms with Gasteiger partial charge in [0, 0.05) is 11.1 Å². The molecule has 0 bridgehead atoms. The maximum absolute atomic E-state index is 11.5. The van der Waals surface area contributed by atoms with Crippen molar-refractivity contribution >= 4 is 30.0 Å². The van der Waals surface area contributed by atoms with Crippen LogP contribution in [-0.4, -0.2) is 49.3 Å². The van der Waals surface area contributed by atoms with Crippen molar-refractivity contribution in [3.8, 4) is 0 Å². The zero-order valence-electron chi connectivity index (χ0n) is 22.4. The number of carboxylic acids is 1. The largest absolute Gasteiger partial charge is 0.478 e. The van der Waals surface area contributed by atoms with Crippen molar-refractivity contribution in [2.75, 3.05) is 20.3 Å². The number of carbonyl (C=O) groups excluding carboxylic acids is 3. The maximum Gasteiger partial charge on any atom is 0.337 e. The smallest absolute Gasteiger partial charge is 0.337 e. The zero-order valence-corrected chi connectivity index (χ0v) is 22.4. The monoisotopic (exact) mass is 514 g/mol. The number of hydrogen-bond donors (Lipinski definition) is 1. The van der Waals surface area contributed by atoms with Crippen molar-refractivity contribution < 1.29 is 38.5 Å². The quantitative estimate of drug-likeness (QED) is 0.136. The van der Waals surface area contributed by atoms with E-state index in [0.29, 0.717) is 17.8 Å². The van der Waals surface area contributed by atoms with E-state index in [1.807, 2.05) is 36.4 Å². The minimum atomic E-state index is -1.08. The molecule has 0 aromatic heterocycles. The van der Waals surface area contributed by atoms with E-state index in [9.17, 15) is 19.2 Å². The minimum Gasteiger partial charge on any atom is -0.478 e. The van der Waals surface area contributed by atoms with E-state index in [1.165, 1.54) is 20.1 Å². The van der Waals surface area contributed by atoms with Gasteiger partial charge in [-0.1, -0.05) is 69.5 Å². The SMILES string of the molecule is C=C(C)C(=O)OC.C=C(C=C(C)C(=O)O)C(=O)OCC.C=C(C=Cc1ccccc1)C(=O)OCCCC. The normalized spacial score (nSPS) is 10.0. The molecule has 1 rings (SSSR count). The fourth-order valence-corrected chi connectivity index (χ4v) is 2.01. The molecular formula is C29H38O8. The predicted molar refractivity (Wildman–Crippen MR) is 144 cm³/mol. The van der Waals surface area contributed by atoms with Gasteiger partial charge in [-0.3, -0.25) is 0 Å². The first-order valence-corrected chi connectivity index (χ1v) is 11.5. The molecule has 1 aromatic rings. The van der Waals surface area contributed by atoms with Crippen LogP contribution < -0.4 is 0 Å². The van der Waals surface area contributed by atoms with E-state index < -0.39 is 11.9 Å². The van der Waals surface area contributed by atoms with Crippen molar-refractivity contribution in [1.82, 2.24) is 0 Å². The van der Waals surface area contributed by atoms with Gasteiger partial charge < -0.3 is 19.3 Å². The second-order valence-corrected chi connectivity index (χ2v) is 7.41. The van der Waals surface area contributed by atoms with Crippen LogP contribution in [0.2, 0.25) is 0 Å². The van der Waals surface area contributed by atoms with Gasteiger partial charge in [-0.05, 0) is 44.9 Å². The molecule has 37 heavy (non-hydrogen) atoms. The zero-order chi connectivity index (χ0) is 28.8. The summed E-state index contributed by atoms with van der Waals surface area (Å²) in [6.45, 7) is 17.8. The number of methoxy groups -OCH3 is 1. The summed E-state index contributed by atoms with van der Waals surface area (Å²) < 4.78 is 13.9. The van der Waals surface area contributed by atoms with Gasteiger partial charge in [0.1, 0.15) is 0 Å². The summed E-state index contributed by atoms with van der Waals surface area (Å²) in [7, 11) is 1.33. The molecule has 0 radical (unpaired) electrons. The molecule has 202 valence electrons. The highest BCUT2D eigenvalue weighted by molar-refractivity contribution is 5.95. The number of ether oxygens (including phenoxy) is 3. The standard InChI is InChI=1S/C15H18O2.C9H12O4.C5H8O2/c1-3-4-12-17-15(16)13(2)10-11-14-8-6-5-7-9-14;1-4-13-9(12)7(3)5-6(2)8(10)11;1-4(2)5(6)7-3/h5-11H,2-4,12H2,1H3;5H,3-4H2,1-2H3,(H,10,11);1H2,2-3H3. The summed E-state index contributed by atoms with van der Waals surface area (Å²) in [5, 5.41) is 8.48. The van der Waals surface area contributed by atoms with Gasteiger partial charge in [0.2, 0.25) is 0 Å². The molecule has 0 aliphatic heterocycles. The molecular weight excluding hydrogens is 476 g/mol. The number of hydrogen-bond acceptors (Lipinski definition) is 7. The molecule has 0 atom stereocenters. The van der Waals surface area contributed by atoms with Gasteiger partial charge in [0.15, 0.2) is 0 Å². The summed E-state index contributed by atoms with van der Waals surface area (Å²) >= 11 is 0. The highest BCUT2D eigenvalue weighted by Gasteiger charge is 2.07. The summed E-state index contributed by atoms with van der Waals surface area (Å²) in [4.78, 5) is 43.0. The topological polar surface area (TPSA) is 116 Å². The number of carbonyl (C=O) groups is 4. The van der Waals surface area contributed by atoms with Gasteiger partial charge in [-0.15, -0.1) is 0 Å². The third kappa shape index (κ3) is 18.8. The van der Waals surface area contributed by atoms with Crippen LogP contribution in [-0.2, 0) is 33.4 Å². The number of unbranched alkanes of at least 4 members (excludes halogenated alkanes) is 1. The van der Waals surface area contributed by atoms with Crippen LogP contribution in [0.1, 0.15) is 46.1 Å². The van der Waals surface area contributed by atoms with Crippen LogP contribution in [0.3, 0.4) is 0 Å². The van der Waals surface area contributed by atoms with Crippen molar-refractivity contribution in [1.29, 1.82) is 0 Å². The van der Waals surface area contributed by atoms with Gasteiger partial charge in [0.25, 0.3) is 0 Å². The first-order valence-electron chi connectivity index (χ1n) is 11.5. The lowest BCUT2D eigenvalue weighted by molar-refractivity contribution is -0.139. The van der Waals surface area contributed by atoms with Gasteiger partial charge in [0.05, 0.1) is 31.5 Å². The summed E-state index contributed by atoms with van der Waals surface area (Å²) in [6, 6.07) is 9.77. The van der Waals surface area contributed by atoms with E-state index in [-0.39, 0.29) is 29.7 Å². The molecule has 8 nitrogen and oxygen atoms in total. The number of rotatable bonds is 11. The fourth-order valence-electron chi connectivity index (χ4n) is 2.01. The van der Waals surface area contributed by atoms with E-state index in [2.05, 4.69) is 36.1 Å². The van der Waals surface area contributed by atoms with Crippen LogP contribution >= 0.6 is 0 Å². The summed E-state index contributed by atoms with van der Waals surface area (Å²) in [5.74, 6) is -2.36. The van der Waals surface area contributed by atoms with Crippen LogP contribution in [0, 0.1) is 0 Å². The number of carboxylic acid groups (broad SMARTS) is 1. The van der Waals surface area contributed by atoms with Crippen LogP contribution in [0.4, 0.5) is 0 Å². The predicted octanol–water partition coefficient (Wildman–Crippen LogP) is 5.47. The average Bonchev–Trinajstić information content (AvgIpc) is 2.88. The van der Waals surface area contributed by atoms with Crippen molar-refractivity contribution in [2.24, 2.45) is 0 Å². The number of esters is 3. The Kier molecular flexibility index (Phi) is 20.0. The fraction of sp³-hybridized carbons (Fsp3) is 0.310. The molecule has 8 heteroatoms. The molecule has 0 spiro atoms. The molecule has 0 fully saturated rings. The second-order valence-electron chi connectivity index (χ2n) is 7.41. The van der Waals surface area contributed by atoms with Crippen LogP contribution in [0.5, 0.6) is 0 Å². The Hall–Kier alpha value is -4.20. The molecule has 0 unspecified atom stereocenters. The van der Waals surface area contributed by atoms with E-state index in [0.717, 1.165) is 18.4 Å². The Bertz CT molecular complexity index is 984. The van der Waals surface area contributed by atoms with E-state index in [1.54, 1.807) is 19.9 Å². The molecule has 0 amide bonds. The van der Waals surface area contributed by atoms with Gasteiger partial charge >= 0.3 is 23.9 Å². The van der Waals surface area contributed by atoms with Crippen molar-refractivity contribution in [3.05, 3.63) is 90.1 Å². The Morgan fingerprint density at radius 3 is 1.89 bits per heavy atom. The molecule has 1 N–H and O–H groups in total. The molecule has 0 saturated carbocycles. The molecule has 0 saturated heterocycles. The van der Waals surface area contributed by atoms with Gasteiger partial charge in [-0.2, -0.15) is 0 Å². The van der Waals surface area contributed by atoms with Crippen molar-refractivity contribution in [3.63, 3.8) is 0 Å². The Morgan fingerprint density at radius 2 is 1.46 bits per heavy atom. The molecule has 0 heterocycles. The molecule has 0 aliphatic rings. The summed E-state index contributed by atoms with van der Waals surface area (Å²) in [5.41, 5.74) is 1.95. The van der Waals surface area contributed by atoms with Crippen molar-refractivity contribution in [2.45, 2.75) is 40.5 Å². The first kappa shape index (κ1) is 35.0. The number of benzene rings is 1. The third-order valence-corrected chi connectivity index (χ3v) is 4.07. The Balaban J connectivity index is 0. The first-order chi connectivity index (χ1) is 17.4. The minimum absolute atomic E-state index is 0.0433. The highest BCUT2D eigenvalue weighted by Crippen LogP contribution is 2.06. The molecule has 1 aromatic carbocycles. The second kappa shape index (κ2) is 21.1. The third-order valence-electron chi connectivity index (χ3n) is 4.07. The Morgan fingerprint density at radius 1 is 0.892 bits per heavy atom. The van der Waals surface area contributed by atoms with Crippen LogP contribution in [0.25, 0.3) is 6.08 Å². The highest BCUT2D eigenvalue weighted by atomic mass is 16.5. The maximum atomic E-state index is 11.5. The van der Waals surface area contributed by atoms with Crippen LogP contribution in [0.15, 0.2) is 84.5 Å². The lowest BCUT2D eigenvalue weighted by atomic mass is 10.2. The van der Waals surface area contributed by atoms with E-state index >= 15 is 0 Å². The Labute approximate surface area is 219 Å². The van der Waals surface area contributed by atoms with E-state index in [4.69, 9.17) is 9.84 Å². The lowest BCUT2D eigenvalue weighted by Gasteiger charge is -2.02. The summed E-state index contributed by atoms with van der Waals surface area (Å²) in [6.07, 6.45) is 6.62. The average molecular weight is 515 g/mol.